The second-order valence-electron chi connectivity index (χ2n) is 26.3. The van der Waals surface area contributed by atoms with Gasteiger partial charge >= 0.3 is 7.12 Å². The first kappa shape index (κ1) is 101. The van der Waals surface area contributed by atoms with Crippen LogP contribution in [0.3, 0.4) is 0 Å². The summed E-state index contributed by atoms with van der Waals surface area (Å²) in [7, 11) is 4.41. The minimum Gasteiger partial charge on any atom is -0.424 e. The van der Waals surface area contributed by atoms with E-state index in [1.165, 1.54) is 117 Å². The van der Waals surface area contributed by atoms with Crippen molar-refractivity contribution in [2.45, 2.75) is 90.9 Å². The highest BCUT2D eigenvalue weighted by Gasteiger charge is 2.22. The van der Waals surface area contributed by atoms with E-state index < -0.39 is 31.3 Å². The van der Waals surface area contributed by atoms with Crippen LogP contribution in [0.15, 0.2) is 224 Å². The number of carbonyl (C=O) groups is 8. The van der Waals surface area contributed by atoms with E-state index in [2.05, 4.69) is 82.9 Å². The molecule has 0 heterocycles. The van der Waals surface area contributed by atoms with Gasteiger partial charge in [0.05, 0.1) is 26.4 Å². The summed E-state index contributed by atoms with van der Waals surface area (Å²) >= 11 is 2.22. The topological polar surface area (TPSA) is 310 Å². The van der Waals surface area contributed by atoms with Gasteiger partial charge in [0.1, 0.15) is 53.3 Å². The largest absolute Gasteiger partial charge is 0.480 e. The highest BCUT2D eigenvalue weighted by atomic mass is 127. The zero-order valence-electron chi connectivity index (χ0n) is 68.2. The average molecular weight is 1770 g/mol. The Kier molecular flexibility index (Phi) is 48.1. The quantitative estimate of drug-likeness (QED) is 0.00635. The van der Waals surface area contributed by atoms with Crippen LogP contribution in [0.4, 0.5) is 22.0 Å². The van der Waals surface area contributed by atoms with Gasteiger partial charge in [0.25, 0.3) is 0 Å². The number of hydrogen-bond donors (Lipinski definition) is 10. The highest BCUT2D eigenvalue weighted by molar-refractivity contribution is 14.1. The van der Waals surface area contributed by atoms with E-state index in [9.17, 15) is 60.3 Å². The summed E-state index contributed by atoms with van der Waals surface area (Å²) in [6, 6.07) is 58.8. The molecule has 636 valence electrons. The van der Waals surface area contributed by atoms with Gasteiger partial charge in [0, 0.05) is 103 Å². The molecule has 0 fully saturated rings. The van der Waals surface area contributed by atoms with Crippen LogP contribution in [0.2, 0.25) is 0 Å². The zero-order chi connectivity index (χ0) is 88.9. The predicted molar refractivity (Wildman–Crippen MR) is 465 cm³/mol. The third kappa shape index (κ3) is 44.8. The lowest BCUT2D eigenvalue weighted by atomic mass is 9.91. The lowest BCUT2D eigenvalue weighted by Gasteiger charge is -2.16. The first-order valence-corrected chi connectivity index (χ1v) is 38.7. The smallest absolute Gasteiger partial charge is 0.424 e. The lowest BCUT2D eigenvalue weighted by Crippen LogP contribution is -2.48. The lowest BCUT2D eigenvalue weighted by molar-refractivity contribution is -0.129. The Labute approximate surface area is 716 Å². The van der Waals surface area contributed by atoms with Crippen LogP contribution in [-0.4, -0.2) is 143 Å². The molecule has 0 saturated carbocycles. The molecule has 10 N–H and O–H groups in total. The number of amides is 8. The van der Waals surface area contributed by atoms with Gasteiger partial charge in [0.15, 0.2) is 0 Å². The van der Waals surface area contributed by atoms with Crippen molar-refractivity contribution in [3.05, 3.63) is 324 Å². The molecular formula is C92H99BF5IN8O14. The number of nitrogens with one attached hydrogen (secondary N) is 8. The summed E-state index contributed by atoms with van der Waals surface area (Å²) < 4.78 is 85.2. The summed E-state index contributed by atoms with van der Waals surface area (Å²) in [5.41, 5.74) is 10.2. The van der Waals surface area contributed by atoms with Gasteiger partial charge in [-0.05, 0) is 183 Å². The van der Waals surface area contributed by atoms with Crippen LogP contribution in [0.25, 0.3) is 18.2 Å². The molecule has 0 unspecified atom stereocenters. The van der Waals surface area contributed by atoms with Crippen molar-refractivity contribution >= 4 is 95.2 Å². The molecule has 9 aromatic rings. The van der Waals surface area contributed by atoms with Gasteiger partial charge < -0.3 is 71.5 Å². The Morgan fingerprint density at radius 1 is 0.372 bits per heavy atom. The van der Waals surface area contributed by atoms with Crippen molar-refractivity contribution in [3.63, 3.8) is 0 Å². The van der Waals surface area contributed by atoms with Crippen LogP contribution < -0.4 is 42.5 Å². The first-order valence-electron chi connectivity index (χ1n) is 37.6. The number of ether oxygens (including phenoxy) is 4. The molecule has 4 atom stereocenters. The van der Waals surface area contributed by atoms with E-state index >= 15 is 0 Å². The number of terminal acetylenes is 1. The summed E-state index contributed by atoms with van der Waals surface area (Å²) in [4.78, 5) is 92.8. The second-order valence-corrected chi connectivity index (χ2v) is 27.6. The van der Waals surface area contributed by atoms with Crippen LogP contribution in [0, 0.1) is 56.8 Å². The monoisotopic (exact) mass is 1770 g/mol. The molecule has 0 bridgehead atoms. The van der Waals surface area contributed by atoms with Gasteiger partial charge in [-0.15, -0.1) is 6.42 Å². The van der Waals surface area contributed by atoms with E-state index in [4.69, 9.17) is 35.4 Å². The van der Waals surface area contributed by atoms with Gasteiger partial charge in [-0.3, -0.25) is 38.4 Å². The fourth-order valence-corrected chi connectivity index (χ4v) is 10.7. The molecule has 0 aliphatic heterocycles. The molecule has 9 aromatic carbocycles. The number of carbonyl (C=O) groups excluding carboxylic acids is 8. The van der Waals surface area contributed by atoms with Crippen LogP contribution in [0.5, 0.6) is 0 Å². The van der Waals surface area contributed by atoms with Crippen molar-refractivity contribution in [3.8, 4) is 24.2 Å². The summed E-state index contributed by atoms with van der Waals surface area (Å²) in [6.45, 7) is 7.35. The maximum absolute atomic E-state index is 13.2. The third-order valence-electron chi connectivity index (χ3n) is 16.2. The Morgan fingerprint density at radius 3 is 1.03 bits per heavy atom. The Balaban J connectivity index is 0.000000315. The maximum Gasteiger partial charge on any atom is 0.480 e. The molecular weight excluding hydrogens is 1670 g/mol. The number of aryl methyl sites for hydroxylation is 2. The van der Waals surface area contributed by atoms with Crippen LogP contribution in [0.1, 0.15) is 94.5 Å². The van der Waals surface area contributed by atoms with Crippen molar-refractivity contribution in [2.75, 3.05) is 54.9 Å². The normalized spacial score (nSPS) is 11.3. The number of methoxy groups -OCH3 is 4. The first-order chi connectivity index (χ1) is 58.0. The number of rotatable bonds is 31. The maximum atomic E-state index is 13.2. The summed E-state index contributed by atoms with van der Waals surface area (Å²) in [6.07, 6.45) is 11.7. The molecule has 121 heavy (non-hydrogen) atoms. The molecule has 0 radical (unpaired) electrons. The Bertz CT molecular complexity index is 4920. The molecule has 0 aliphatic carbocycles. The summed E-state index contributed by atoms with van der Waals surface area (Å²) in [5.74, 6) is 5.63. The molecule has 9 rings (SSSR count). The van der Waals surface area contributed by atoms with Crippen LogP contribution in [-0.2, 0) is 96.3 Å². The van der Waals surface area contributed by atoms with E-state index in [1.54, 1.807) is 54.6 Å². The standard InChI is InChI=1S/C21H25FN2O3.C21H23FN2O3.C21H21FN2O3.C13H17IN2O3.C8H8BFO2.C8H5F/c3*1-15(25)24-20(14-27-2)21(26)23-13-18-10-7-16(8-11-18)6-9-17-4-3-5-19(22)12-17;1-9(17)16-12(8-19-2)13(18)15-7-10-3-5-11(14)6-4-10;10-8-3-1-2-7(6-8)4-5-9(11)12;1-2-7-4-3-5-8(9)6-7/h3-5,7-8,10-12,20H,6,9,13-14H2,1-2H3,(H,23,26)(H,24,25);3-12,20H,13-14H2,1-2H3,(H,23,26)(H,24,25);3-5,7-8,10-12,20H,13-14H2,1-2H3,(H,23,26)(H,24,25);3-6,12H,7-8H2,1-2H3,(H,15,18)(H,16,17);1-6,11-12H;1,3-6H/b;9-6+;;;5-4+;/t3*20-;12-;;/m1111../s1. The third-order valence-corrected chi connectivity index (χ3v) is 17.0. The van der Waals surface area contributed by atoms with Gasteiger partial charge in [-0.25, -0.2) is 22.0 Å². The SMILES string of the molecule is C#Cc1cccc(F)c1.COC[C@@H](NC(C)=O)C(=O)NCc1ccc(/C=C/c2cccc(F)c2)cc1.COC[C@@H](NC(C)=O)C(=O)NCc1ccc(C#Cc2cccc(F)c2)cc1.COC[C@@H](NC(C)=O)C(=O)NCc1ccc(CCc2cccc(F)c2)cc1.COC[C@@H](NC(C)=O)C(=O)NCc1ccc(I)cc1.OB(O)/C=C/c1cccc(F)c1. The Morgan fingerprint density at radius 2 is 0.678 bits per heavy atom. The van der Waals surface area contributed by atoms with Crippen molar-refractivity contribution in [2.24, 2.45) is 0 Å². The molecule has 0 spiro atoms. The fraction of sp³-hybridized carbons (Fsp3) is 0.239. The fourth-order valence-electron chi connectivity index (χ4n) is 10.4. The molecule has 0 aliphatic rings. The minimum absolute atomic E-state index is 0.0972. The van der Waals surface area contributed by atoms with E-state index in [-0.39, 0.29) is 103 Å². The van der Waals surface area contributed by atoms with E-state index in [0.29, 0.717) is 42.9 Å². The van der Waals surface area contributed by atoms with Crippen LogP contribution >= 0.6 is 22.6 Å². The van der Waals surface area contributed by atoms with Gasteiger partial charge in [0.2, 0.25) is 47.3 Å². The highest BCUT2D eigenvalue weighted by Crippen LogP contribution is 2.15. The summed E-state index contributed by atoms with van der Waals surface area (Å²) in [5, 5.41) is 38.2. The van der Waals surface area contributed by atoms with E-state index in [0.717, 1.165) is 72.5 Å². The van der Waals surface area contributed by atoms with Gasteiger partial charge in [-0.2, -0.15) is 0 Å². The molecule has 0 aromatic heterocycles. The van der Waals surface area contributed by atoms with Crippen molar-refractivity contribution in [1.82, 2.24) is 42.5 Å². The number of benzene rings is 9. The molecule has 8 amide bonds. The zero-order valence-corrected chi connectivity index (χ0v) is 70.3. The molecule has 0 saturated heterocycles. The predicted octanol–water partition coefficient (Wildman–Crippen LogP) is 10.9. The number of halogens is 6. The average Bonchev–Trinajstić information content (AvgIpc) is 0.516. The van der Waals surface area contributed by atoms with Crippen molar-refractivity contribution < 1.29 is 89.3 Å². The molecule has 22 nitrogen and oxygen atoms in total. The van der Waals surface area contributed by atoms with Gasteiger partial charge in [-0.1, -0.05) is 163 Å². The Hall–Kier alpha value is -12.5. The van der Waals surface area contributed by atoms with E-state index in [1.807, 2.05) is 121 Å². The second kappa shape index (κ2) is 57.6. The molecule has 29 heteroatoms. The van der Waals surface area contributed by atoms with Crippen molar-refractivity contribution in [1.29, 1.82) is 0 Å². The minimum atomic E-state index is -1.49. The number of hydrogen-bond acceptors (Lipinski definition) is 14.